The lowest BCUT2D eigenvalue weighted by Gasteiger charge is -2.42. The van der Waals surface area contributed by atoms with Crippen LogP contribution in [-0.4, -0.2) is 53.1 Å². The van der Waals surface area contributed by atoms with E-state index in [4.69, 9.17) is 0 Å². The highest BCUT2D eigenvalue weighted by molar-refractivity contribution is 5.99. The van der Waals surface area contributed by atoms with Gasteiger partial charge in [-0.3, -0.25) is 9.59 Å². The molecule has 0 atom stereocenters. The van der Waals surface area contributed by atoms with E-state index in [2.05, 4.69) is 40.2 Å². The van der Waals surface area contributed by atoms with Crippen LogP contribution in [-0.2, 0) is 13.6 Å². The van der Waals surface area contributed by atoms with Crippen molar-refractivity contribution in [1.82, 2.24) is 14.5 Å². The monoisotopic (exact) mass is 535 g/mol. The first-order chi connectivity index (χ1) is 19.3. The van der Waals surface area contributed by atoms with Gasteiger partial charge in [0, 0.05) is 57.6 Å². The van der Waals surface area contributed by atoms with Crippen LogP contribution in [0, 0.1) is 28.6 Å². The largest absolute Gasteiger partial charge is 0.369 e. The number of carbonyl (C=O) groups is 1. The van der Waals surface area contributed by atoms with Gasteiger partial charge in [0.1, 0.15) is 28.9 Å². The topological polar surface area (TPSA) is 109 Å². The lowest BCUT2D eigenvalue weighted by molar-refractivity contribution is 0.0816. The summed E-state index contributed by atoms with van der Waals surface area (Å²) in [5.74, 6) is 0.800. The normalized spacial score (nSPS) is 20.2. The molecule has 0 spiro atoms. The highest BCUT2D eigenvalue weighted by Crippen LogP contribution is 2.38. The van der Waals surface area contributed by atoms with Crippen LogP contribution < -0.4 is 15.4 Å². The molecule has 9 nitrogen and oxygen atoms in total. The zero-order valence-corrected chi connectivity index (χ0v) is 23.2. The molecule has 1 aromatic carbocycles. The van der Waals surface area contributed by atoms with E-state index in [1.807, 2.05) is 19.0 Å². The SMILES string of the molecule is CN1Cc2ccc(N(CC3CC3)C3CCC(N(C)c4c(C#N)c(=O)n(C)c5ccc(C#N)nc45)CC3)cc2C1=O. The molecule has 204 valence electrons. The van der Waals surface area contributed by atoms with Gasteiger partial charge in [0.05, 0.1) is 11.2 Å². The van der Waals surface area contributed by atoms with E-state index < -0.39 is 0 Å². The maximum atomic E-state index is 13.1. The first-order valence-electron chi connectivity index (χ1n) is 14.0. The number of nitriles is 2. The smallest absolute Gasteiger partial charge is 0.270 e. The Kier molecular flexibility index (Phi) is 6.46. The molecule has 3 aromatic rings. The van der Waals surface area contributed by atoms with Crippen molar-refractivity contribution < 1.29 is 4.79 Å². The van der Waals surface area contributed by atoms with Gasteiger partial charge in [0.15, 0.2) is 0 Å². The van der Waals surface area contributed by atoms with Gasteiger partial charge in [-0.2, -0.15) is 10.5 Å². The lowest BCUT2D eigenvalue weighted by atomic mass is 9.88. The fourth-order valence-corrected chi connectivity index (χ4v) is 6.50. The summed E-state index contributed by atoms with van der Waals surface area (Å²) in [4.78, 5) is 36.7. The Labute approximate surface area is 233 Å². The molecule has 0 saturated heterocycles. The van der Waals surface area contributed by atoms with Crippen LogP contribution in [0.2, 0.25) is 0 Å². The average molecular weight is 536 g/mol. The third-order valence-corrected chi connectivity index (χ3v) is 9.01. The summed E-state index contributed by atoms with van der Waals surface area (Å²) in [6.45, 7) is 1.67. The number of hydrogen-bond donors (Lipinski definition) is 0. The van der Waals surface area contributed by atoms with Crippen molar-refractivity contribution in [2.24, 2.45) is 13.0 Å². The number of aromatic nitrogens is 2. The molecule has 1 aliphatic heterocycles. The highest BCUT2D eigenvalue weighted by atomic mass is 16.2. The lowest BCUT2D eigenvalue weighted by Crippen LogP contribution is -2.44. The molecule has 2 fully saturated rings. The van der Waals surface area contributed by atoms with Gasteiger partial charge >= 0.3 is 0 Å². The van der Waals surface area contributed by atoms with E-state index in [0.717, 1.165) is 49.0 Å². The van der Waals surface area contributed by atoms with Crippen molar-refractivity contribution >= 4 is 28.3 Å². The zero-order chi connectivity index (χ0) is 28.1. The van der Waals surface area contributed by atoms with E-state index >= 15 is 0 Å². The summed E-state index contributed by atoms with van der Waals surface area (Å²) >= 11 is 0. The minimum absolute atomic E-state index is 0.0605. The molecule has 3 heterocycles. The number of nitrogens with zero attached hydrogens (tertiary/aromatic N) is 7. The molecule has 2 saturated carbocycles. The van der Waals surface area contributed by atoms with Crippen LogP contribution in [0.5, 0.6) is 0 Å². The predicted octanol–water partition coefficient (Wildman–Crippen LogP) is 3.93. The number of amides is 1. The van der Waals surface area contributed by atoms with Gasteiger partial charge in [-0.25, -0.2) is 4.98 Å². The van der Waals surface area contributed by atoms with Crippen LogP contribution in [0.1, 0.15) is 65.7 Å². The molecular weight excluding hydrogens is 502 g/mol. The summed E-state index contributed by atoms with van der Waals surface area (Å²) in [7, 11) is 5.42. The standard InChI is InChI=1S/C31H33N7O2/c1-35-18-20-6-8-24(14-25(20)30(35)39)38(17-19-4-5-19)23-11-9-22(10-12-23)36(2)29-26(16-33)31(40)37(3)27-13-7-21(15-32)34-28(27)29/h6-8,13-14,19,22-23H,4-5,9-12,17-18H2,1-3H3. The van der Waals surface area contributed by atoms with Gasteiger partial charge in [0.2, 0.25) is 0 Å². The number of rotatable bonds is 6. The number of carbonyl (C=O) groups excluding carboxylic acids is 1. The van der Waals surface area contributed by atoms with Crippen LogP contribution in [0.3, 0.4) is 0 Å². The fourth-order valence-electron chi connectivity index (χ4n) is 6.50. The number of benzene rings is 1. The van der Waals surface area contributed by atoms with Crippen LogP contribution in [0.25, 0.3) is 11.0 Å². The van der Waals surface area contributed by atoms with Gasteiger partial charge in [-0.1, -0.05) is 6.07 Å². The van der Waals surface area contributed by atoms with Crippen molar-refractivity contribution in [2.45, 2.75) is 57.2 Å². The summed E-state index contributed by atoms with van der Waals surface area (Å²) in [6.07, 6.45) is 6.24. The molecule has 9 heteroatoms. The summed E-state index contributed by atoms with van der Waals surface area (Å²) in [6, 6.07) is 14.4. The third-order valence-electron chi connectivity index (χ3n) is 9.01. The molecule has 0 N–H and O–H groups in total. The quantitative estimate of drug-likeness (QED) is 0.470. The van der Waals surface area contributed by atoms with Crippen LogP contribution >= 0.6 is 0 Å². The number of aryl methyl sites for hydroxylation is 1. The predicted molar refractivity (Wildman–Crippen MR) is 153 cm³/mol. The van der Waals surface area contributed by atoms with E-state index in [1.165, 1.54) is 17.4 Å². The molecule has 2 aliphatic carbocycles. The molecule has 6 rings (SSSR count). The molecule has 0 radical (unpaired) electrons. The summed E-state index contributed by atoms with van der Waals surface area (Å²) in [5.41, 5.74) is 4.62. The summed E-state index contributed by atoms with van der Waals surface area (Å²) in [5, 5.41) is 19.4. The van der Waals surface area contributed by atoms with Crippen molar-refractivity contribution in [3.63, 3.8) is 0 Å². The maximum Gasteiger partial charge on any atom is 0.270 e. The first-order valence-corrected chi connectivity index (χ1v) is 14.0. The van der Waals surface area contributed by atoms with Gasteiger partial charge < -0.3 is 19.3 Å². The molecular formula is C31H33N7O2. The van der Waals surface area contributed by atoms with Crippen LogP contribution in [0.4, 0.5) is 11.4 Å². The second-order valence-corrected chi connectivity index (χ2v) is 11.5. The minimum atomic E-state index is -0.357. The van der Waals surface area contributed by atoms with Gasteiger partial charge in [-0.15, -0.1) is 0 Å². The number of fused-ring (bicyclic) bond motifs is 2. The van der Waals surface area contributed by atoms with E-state index in [9.17, 15) is 20.1 Å². The van der Waals surface area contributed by atoms with Crippen molar-refractivity contribution in [2.75, 3.05) is 30.4 Å². The Morgan fingerprint density at radius 1 is 0.975 bits per heavy atom. The Hall–Kier alpha value is -4.37. The molecule has 0 unspecified atom stereocenters. The summed E-state index contributed by atoms with van der Waals surface area (Å²) < 4.78 is 1.44. The van der Waals surface area contributed by atoms with Gasteiger partial charge in [0.25, 0.3) is 11.5 Å². The number of hydrogen-bond acceptors (Lipinski definition) is 7. The van der Waals surface area contributed by atoms with E-state index in [1.54, 1.807) is 24.1 Å². The number of anilines is 2. The number of pyridine rings is 2. The maximum absolute atomic E-state index is 13.1. The van der Waals surface area contributed by atoms with Crippen molar-refractivity contribution in [1.29, 1.82) is 10.5 Å². The molecule has 40 heavy (non-hydrogen) atoms. The average Bonchev–Trinajstić information content (AvgIpc) is 3.76. The van der Waals surface area contributed by atoms with Crippen molar-refractivity contribution in [3.8, 4) is 12.1 Å². The zero-order valence-electron chi connectivity index (χ0n) is 23.2. The molecule has 1 amide bonds. The van der Waals surface area contributed by atoms with E-state index in [-0.39, 0.29) is 28.8 Å². The second kappa shape index (κ2) is 9.98. The first kappa shape index (κ1) is 25.9. The van der Waals surface area contributed by atoms with Crippen molar-refractivity contribution in [3.05, 3.63) is 63.1 Å². The second-order valence-electron chi connectivity index (χ2n) is 11.5. The minimum Gasteiger partial charge on any atom is -0.369 e. The highest BCUT2D eigenvalue weighted by Gasteiger charge is 2.34. The van der Waals surface area contributed by atoms with E-state index in [0.29, 0.717) is 35.2 Å². The Bertz CT molecular complexity index is 1650. The molecule has 2 aromatic heterocycles. The molecule has 3 aliphatic rings. The van der Waals surface area contributed by atoms with Crippen LogP contribution in [0.15, 0.2) is 35.1 Å². The third kappa shape index (κ3) is 4.36. The molecule has 0 bridgehead atoms. The van der Waals surface area contributed by atoms with Gasteiger partial charge in [-0.05, 0) is 74.3 Å². The fraction of sp³-hybridized carbons (Fsp3) is 0.452. The Morgan fingerprint density at radius 2 is 1.70 bits per heavy atom. The Morgan fingerprint density at radius 3 is 2.38 bits per heavy atom. The Balaban J connectivity index is 1.27.